The van der Waals surface area contributed by atoms with Gasteiger partial charge < -0.3 is 10.1 Å². The number of alkyl halides is 6. The van der Waals surface area contributed by atoms with Crippen LogP contribution in [0.25, 0.3) is 5.69 Å². The number of nitrogens with zero attached hydrogens (tertiary/aromatic N) is 3. The number of amides is 1. The highest BCUT2D eigenvalue weighted by Crippen LogP contribution is 2.41. The highest BCUT2D eigenvalue weighted by Gasteiger charge is 2.47. The van der Waals surface area contributed by atoms with E-state index in [0.29, 0.717) is 12.5 Å². The standard InChI is InChI=1S/C27H32F6N4O2/c1-5-22-36-23(24(38)35-15-17-8-6-16(2)7-9-17)20(14-34)37(22)19-11-10-18(12-21(19)39-27(31,32)33)13-25(3,4)26(28,29)30/h10-12,16-17H,5-9,13,15H2,1-4H3,(H,35,38). The Morgan fingerprint density at radius 1 is 1.15 bits per heavy atom. The molecule has 1 heterocycles. The van der Waals surface area contributed by atoms with Gasteiger partial charge in [-0.05, 0) is 48.8 Å². The summed E-state index contributed by atoms with van der Waals surface area (Å²) < 4.78 is 85.5. The van der Waals surface area contributed by atoms with E-state index in [0.717, 1.165) is 56.2 Å². The Kier molecular flexibility index (Phi) is 8.92. The summed E-state index contributed by atoms with van der Waals surface area (Å²) in [5.74, 6) is -0.392. The van der Waals surface area contributed by atoms with Gasteiger partial charge in [-0.15, -0.1) is 13.2 Å². The molecule has 1 aliphatic rings. The van der Waals surface area contributed by atoms with Crippen molar-refractivity contribution >= 4 is 5.91 Å². The number of hydrogen-bond donors (Lipinski definition) is 1. The number of benzene rings is 1. The molecule has 1 aromatic carbocycles. The molecule has 0 unspecified atom stereocenters. The predicted molar refractivity (Wildman–Crippen MR) is 131 cm³/mol. The minimum absolute atomic E-state index is 0.0447. The summed E-state index contributed by atoms with van der Waals surface area (Å²) in [6, 6.07) is 5.13. The van der Waals surface area contributed by atoms with Crippen LogP contribution in [0.4, 0.5) is 26.3 Å². The van der Waals surface area contributed by atoms with Crippen LogP contribution in [-0.4, -0.2) is 34.5 Å². The number of nitrogens with one attached hydrogen (secondary N) is 1. The summed E-state index contributed by atoms with van der Waals surface area (Å²) in [6.07, 6.45) is -6.20. The first kappa shape index (κ1) is 30.3. The smallest absolute Gasteiger partial charge is 0.404 e. The molecule has 0 saturated heterocycles. The minimum atomic E-state index is -5.16. The van der Waals surface area contributed by atoms with E-state index in [1.807, 2.05) is 6.07 Å². The van der Waals surface area contributed by atoms with Crippen LogP contribution >= 0.6 is 0 Å². The van der Waals surface area contributed by atoms with E-state index in [1.54, 1.807) is 6.92 Å². The Bertz CT molecular complexity index is 1220. The highest BCUT2D eigenvalue weighted by molar-refractivity contribution is 5.94. The number of aromatic nitrogens is 2. The van der Waals surface area contributed by atoms with Crippen LogP contribution in [0.3, 0.4) is 0 Å². The van der Waals surface area contributed by atoms with Crippen molar-refractivity contribution in [1.82, 2.24) is 14.9 Å². The molecule has 1 amide bonds. The Morgan fingerprint density at radius 2 is 1.79 bits per heavy atom. The van der Waals surface area contributed by atoms with Gasteiger partial charge in [0.2, 0.25) is 0 Å². The second-order valence-corrected chi connectivity index (χ2v) is 10.8. The highest BCUT2D eigenvalue weighted by atomic mass is 19.4. The number of halogens is 6. The van der Waals surface area contributed by atoms with E-state index in [9.17, 15) is 36.4 Å². The van der Waals surface area contributed by atoms with Crippen LogP contribution in [0.5, 0.6) is 5.75 Å². The van der Waals surface area contributed by atoms with Crippen molar-refractivity contribution in [3.8, 4) is 17.5 Å². The molecule has 0 spiro atoms. The maximum atomic E-state index is 13.4. The van der Waals surface area contributed by atoms with Crippen LogP contribution in [-0.2, 0) is 12.8 Å². The average Bonchev–Trinajstić information content (AvgIpc) is 3.20. The molecular weight excluding hydrogens is 526 g/mol. The fourth-order valence-electron chi connectivity index (χ4n) is 4.75. The third kappa shape index (κ3) is 7.25. The minimum Gasteiger partial charge on any atom is -0.404 e. The summed E-state index contributed by atoms with van der Waals surface area (Å²) in [6.45, 7) is 6.10. The molecule has 0 atom stereocenters. The first-order chi connectivity index (χ1) is 18.1. The second kappa shape index (κ2) is 11.5. The maximum Gasteiger partial charge on any atom is 0.573 e. The van der Waals surface area contributed by atoms with Gasteiger partial charge in [0.15, 0.2) is 17.1 Å². The van der Waals surface area contributed by atoms with Crippen molar-refractivity contribution in [1.29, 1.82) is 5.26 Å². The van der Waals surface area contributed by atoms with Crippen molar-refractivity contribution < 1.29 is 35.9 Å². The number of nitriles is 1. The van der Waals surface area contributed by atoms with Crippen LogP contribution in [0.1, 0.15) is 80.9 Å². The monoisotopic (exact) mass is 558 g/mol. The SMILES string of the molecule is CCc1nc(C(=O)NCC2CCC(C)CC2)c(C#N)n1-c1ccc(CC(C)(C)C(F)(F)F)cc1OC(F)(F)F. The largest absolute Gasteiger partial charge is 0.573 e. The third-order valence-electron chi connectivity index (χ3n) is 7.18. The van der Waals surface area contributed by atoms with Gasteiger partial charge in [0.05, 0.1) is 11.1 Å². The molecule has 0 radical (unpaired) electrons. The molecule has 0 aliphatic heterocycles. The van der Waals surface area contributed by atoms with E-state index in [4.69, 9.17) is 0 Å². The zero-order chi connectivity index (χ0) is 29.2. The topological polar surface area (TPSA) is 79.9 Å². The van der Waals surface area contributed by atoms with E-state index in [1.165, 1.54) is 6.07 Å². The molecule has 3 rings (SSSR count). The lowest BCUT2D eigenvalue weighted by Crippen LogP contribution is -2.34. The van der Waals surface area contributed by atoms with Crippen molar-refractivity contribution in [3.05, 3.63) is 41.0 Å². The number of hydrogen-bond acceptors (Lipinski definition) is 4. The average molecular weight is 559 g/mol. The number of carbonyl (C=O) groups is 1. The molecule has 1 aliphatic carbocycles. The van der Waals surface area contributed by atoms with Crippen molar-refractivity contribution in [2.45, 2.75) is 78.8 Å². The van der Waals surface area contributed by atoms with Crippen molar-refractivity contribution in [2.24, 2.45) is 17.3 Å². The van der Waals surface area contributed by atoms with Crippen LogP contribution in [0.15, 0.2) is 18.2 Å². The maximum absolute atomic E-state index is 13.4. The zero-order valence-corrected chi connectivity index (χ0v) is 22.3. The molecule has 1 N–H and O–H groups in total. The van der Waals surface area contributed by atoms with Gasteiger partial charge in [0.1, 0.15) is 11.9 Å². The van der Waals surface area contributed by atoms with E-state index < -0.39 is 36.0 Å². The molecule has 1 aromatic heterocycles. The summed E-state index contributed by atoms with van der Waals surface area (Å²) in [5.41, 5.74) is -3.05. The van der Waals surface area contributed by atoms with E-state index in [-0.39, 0.29) is 40.8 Å². The molecular formula is C27H32F6N4O2. The molecule has 1 saturated carbocycles. The normalized spacial score (nSPS) is 18.5. The number of imidazole rings is 1. The molecule has 1 fully saturated rings. The predicted octanol–water partition coefficient (Wildman–Crippen LogP) is 6.89. The Balaban J connectivity index is 2.01. The molecule has 2 aromatic rings. The molecule has 214 valence electrons. The molecule has 12 heteroatoms. The number of aryl methyl sites for hydroxylation is 1. The second-order valence-electron chi connectivity index (χ2n) is 10.8. The van der Waals surface area contributed by atoms with Gasteiger partial charge >= 0.3 is 12.5 Å². The van der Waals surface area contributed by atoms with Gasteiger partial charge in [0.25, 0.3) is 5.91 Å². The lowest BCUT2D eigenvalue weighted by molar-refractivity contribution is -0.274. The van der Waals surface area contributed by atoms with Crippen LogP contribution < -0.4 is 10.1 Å². The lowest BCUT2D eigenvalue weighted by Gasteiger charge is -2.28. The van der Waals surface area contributed by atoms with Crippen molar-refractivity contribution in [2.75, 3.05) is 6.54 Å². The zero-order valence-electron chi connectivity index (χ0n) is 22.3. The van der Waals surface area contributed by atoms with Gasteiger partial charge in [-0.2, -0.15) is 18.4 Å². The Labute approximate surface area is 223 Å². The first-order valence-corrected chi connectivity index (χ1v) is 12.8. The molecule has 0 bridgehead atoms. The molecule has 6 nitrogen and oxygen atoms in total. The van der Waals surface area contributed by atoms with Gasteiger partial charge in [-0.3, -0.25) is 9.36 Å². The fraction of sp³-hybridized carbons (Fsp3) is 0.593. The number of carbonyl (C=O) groups excluding carboxylic acids is 1. The van der Waals surface area contributed by atoms with E-state index in [2.05, 4.69) is 22.0 Å². The summed E-state index contributed by atoms with van der Waals surface area (Å²) in [5, 5.41) is 12.7. The summed E-state index contributed by atoms with van der Waals surface area (Å²) in [7, 11) is 0. The van der Waals surface area contributed by atoms with Crippen LogP contribution in [0.2, 0.25) is 0 Å². The van der Waals surface area contributed by atoms with Crippen LogP contribution in [0, 0.1) is 28.6 Å². The first-order valence-electron chi connectivity index (χ1n) is 12.8. The van der Waals surface area contributed by atoms with Crippen molar-refractivity contribution in [3.63, 3.8) is 0 Å². The quantitative estimate of drug-likeness (QED) is 0.358. The fourth-order valence-corrected chi connectivity index (χ4v) is 4.75. The van der Waals surface area contributed by atoms with Gasteiger partial charge in [-0.1, -0.05) is 46.6 Å². The number of rotatable bonds is 8. The Hall–Kier alpha value is -3.23. The number of ether oxygens (including phenoxy) is 1. The van der Waals surface area contributed by atoms with Gasteiger partial charge in [-0.25, -0.2) is 4.98 Å². The summed E-state index contributed by atoms with van der Waals surface area (Å²) >= 11 is 0. The summed E-state index contributed by atoms with van der Waals surface area (Å²) in [4.78, 5) is 17.3. The third-order valence-corrected chi connectivity index (χ3v) is 7.18. The lowest BCUT2D eigenvalue weighted by atomic mass is 9.83. The Morgan fingerprint density at radius 3 is 2.33 bits per heavy atom. The van der Waals surface area contributed by atoms with E-state index >= 15 is 0 Å². The molecule has 39 heavy (non-hydrogen) atoms. The van der Waals surface area contributed by atoms with Gasteiger partial charge in [0, 0.05) is 13.0 Å².